The molecule has 0 saturated heterocycles. The van der Waals surface area contributed by atoms with E-state index in [0.29, 0.717) is 15.6 Å². The molecule has 1 aromatic heterocycles. The van der Waals surface area contributed by atoms with Crippen molar-refractivity contribution in [3.8, 4) is 0 Å². The van der Waals surface area contributed by atoms with Crippen LogP contribution in [0.3, 0.4) is 0 Å². The van der Waals surface area contributed by atoms with Gasteiger partial charge in [0.1, 0.15) is 6.10 Å². The van der Waals surface area contributed by atoms with E-state index in [-0.39, 0.29) is 0 Å². The maximum Gasteiger partial charge on any atom is 0.107 e. The highest BCUT2D eigenvalue weighted by Crippen LogP contribution is 2.33. The molecule has 1 atom stereocenters. The lowest BCUT2D eigenvalue weighted by Gasteiger charge is -2.15. The Morgan fingerprint density at radius 3 is 2.53 bits per heavy atom. The number of benzene rings is 1. The summed E-state index contributed by atoms with van der Waals surface area (Å²) < 4.78 is 0. The lowest BCUT2D eigenvalue weighted by atomic mass is 10.0. The summed E-state index contributed by atoms with van der Waals surface area (Å²) in [6.45, 7) is 1.84. The predicted molar refractivity (Wildman–Crippen MR) is 69.5 cm³/mol. The molecule has 0 aliphatic heterocycles. The van der Waals surface area contributed by atoms with Gasteiger partial charge in [-0.15, -0.1) is 0 Å². The third-order valence-corrected chi connectivity index (χ3v) is 3.45. The second-order valence-corrected chi connectivity index (χ2v) is 4.51. The highest BCUT2D eigenvalue weighted by Gasteiger charge is 2.17. The first-order chi connectivity index (χ1) is 8.11. The number of aryl methyl sites for hydroxylation is 1. The number of aliphatic hydroxyl groups is 1. The maximum atomic E-state index is 10.3. The Balaban J connectivity index is 2.48. The van der Waals surface area contributed by atoms with Gasteiger partial charge < -0.3 is 5.11 Å². The van der Waals surface area contributed by atoms with Crippen LogP contribution in [0.1, 0.15) is 22.9 Å². The van der Waals surface area contributed by atoms with E-state index >= 15 is 0 Å². The van der Waals surface area contributed by atoms with Crippen LogP contribution in [-0.2, 0) is 0 Å². The Kier molecular flexibility index (Phi) is 3.67. The number of halogens is 2. The highest BCUT2D eigenvalue weighted by atomic mass is 35.5. The standard InChI is InChI=1S/C13H11Cl2NO/c1-8-9(5-3-7-16-8)13(17)10-4-2-6-11(14)12(10)15/h2-7,13,17H,1H3. The van der Waals surface area contributed by atoms with E-state index in [9.17, 15) is 5.11 Å². The minimum atomic E-state index is -0.810. The summed E-state index contributed by atoms with van der Waals surface area (Å²) in [5.74, 6) is 0. The molecule has 0 bridgehead atoms. The van der Waals surface area contributed by atoms with Crippen molar-refractivity contribution >= 4 is 23.2 Å². The molecule has 1 unspecified atom stereocenters. The predicted octanol–water partition coefficient (Wildman–Crippen LogP) is 3.78. The number of hydrogen-bond acceptors (Lipinski definition) is 2. The van der Waals surface area contributed by atoms with Gasteiger partial charge in [-0.3, -0.25) is 4.98 Å². The molecule has 2 rings (SSSR count). The second-order valence-electron chi connectivity index (χ2n) is 3.72. The van der Waals surface area contributed by atoms with Gasteiger partial charge in [0, 0.05) is 23.0 Å². The number of aliphatic hydroxyl groups excluding tert-OH is 1. The van der Waals surface area contributed by atoms with Crippen molar-refractivity contribution in [2.45, 2.75) is 13.0 Å². The summed E-state index contributed by atoms with van der Waals surface area (Å²) in [7, 11) is 0. The quantitative estimate of drug-likeness (QED) is 0.899. The van der Waals surface area contributed by atoms with Crippen LogP contribution in [0.25, 0.3) is 0 Å². The molecule has 2 nitrogen and oxygen atoms in total. The number of pyridine rings is 1. The molecule has 1 heterocycles. The fraction of sp³-hybridized carbons (Fsp3) is 0.154. The molecule has 4 heteroatoms. The molecule has 88 valence electrons. The molecule has 1 aromatic carbocycles. The first kappa shape index (κ1) is 12.4. The smallest absolute Gasteiger partial charge is 0.107 e. The van der Waals surface area contributed by atoms with Crippen LogP contribution in [0.2, 0.25) is 10.0 Å². The molecule has 0 spiro atoms. The Hall–Kier alpha value is -1.09. The van der Waals surface area contributed by atoms with Gasteiger partial charge in [-0.25, -0.2) is 0 Å². The lowest BCUT2D eigenvalue weighted by molar-refractivity contribution is 0.219. The molecule has 2 aromatic rings. The third kappa shape index (κ3) is 2.44. The fourth-order valence-electron chi connectivity index (χ4n) is 1.68. The van der Waals surface area contributed by atoms with Crippen molar-refractivity contribution < 1.29 is 5.11 Å². The summed E-state index contributed by atoms with van der Waals surface area (Å²) in [6.07, 6.45) is 0.875. The molecule has 0 aliphatic rings. The zero-order chi connectivity index (χ0) is 12.4. The Morgan fingerprint density at radius 1 is 1.12 bits per heavy atom. The van der Waals surface area contributed by atoms with Crippen LogP contribution in [-0.4, -0.2) is 10.1 Å². The summed E-state index contributed by atoms with van der Waals surface area (Å²) in [6, 6.07) is 8.81. The van der Waals surface area contributed by atoms with Crippen LogP contribution in [0, 0.1) is 6.92 Å². The molecule has 1 N–H and O–H groups in total. The molecule has 0 radical (unpaired) electrons. The average molecular weight is 268 g/mol. The first-order valence-electron chi connectivity index (χ1n) is 5.14. The molecule has 0 fully saturated rings. The van der Waals surface area contributed by atoms with Crippen molar-refractivity contribution in [3.05, 3.63) is 63.4 Å². The van der Waals surface area contributed by atoms with Crippen LogP contribution in [0.4, 0.5) is 0 Å². The topological polar surface area (TPSA) is 33.1 Å². The van der Waals surface area contributed by atoms with Crippen molar-refractivity contribution in [3.63, 3.8) is 0 Å². The van der Waals surface area contributed by atoms with E-state index in [0.717, 1.165) is 11.3 Å². The largest absolute Gasteiger partial charge is 0.384 e. The minimum Gasteiger partial charge on any atom is -0.384 e. The van der Waals surface area contributed by atoms with Gasteiger partial charge in [0.15, 0.2) is 0 Å². The second kappa shape index (κ2) is 5.05. The number of hydrogen-bond donors (Lipinski definition) is 1. The number of rotatable bonds is 2. The van der Waals surface area contributed by atoms with Gasteiger partial charge in [0.05, 0.1) is 10.0 Å². The number of aromatic nitrogens is 1. The summed E-state index contributed by atoms with van der Waals surface area (Å²) in [4.78, 5) is 4.14. The van der Waals surface area contributed by atoms with E-state index < -0.39 is 6.10 Å². The van der Waals surface area contributed by atoms with Gasteiger partial charge in [-0.05, 0) is 19.1 Å². The highest BCUT2D eigenvalue weighted by molar-refractivity contribution is 6.42. The monoisotopic (exact) mass is 267 g/mol. The Labute approximate surface area is 110 Å². The molecular formula is C13H11Cl2NO. The van der Waals surface area contributed by atoms with Crippen molar-refractivity contribution in [2.75, 3.05) is 0 Å². The van der Waals surface area contributed by atoms with E-state index in [1.165, 1.54) is 0 Å². The van der Waals surface area contributed by atoms with Crippen LogP contribution < -0.4 is 0 Å². The normalized spacial score (nSPS) is 12.5. The van der Waals surface area contributed by atoms with Crippen LogP contribution in [0.15, 0.2) is 36.5 Å². The molecule has 0 aliphatic carbocycles. The lowest BCUT2D eigenvalue weighted by Crippen LogP contribution is -2.03. The molecule has 0 amide bonds. The zero-order valence-corrected chi connectivity index (χ0v) is 10.7. The van der Waals surface area contributed by atoms with E-state index in [2.05, 4.69) is 4.98 Å². The van der Waals surface area contributed by atoms with Crippen LogP contribution >= 0.6 is 23.2 Å². The Morgan fingerprint density at radius 2 is 1.82 bits per heavy atom. The first-order valence-corrected chi connectivity index (χ1v) is 5.90. The summed E-state index contributed by atoms with van der Waals surface area (Å²) in [5.41, 5.74) is 2.10. The van der Waals surface area contributed by atoms with Gasteiger partial charge in [0.25, 0.3) is 0 Å². The van der Waals surface area contributed by atoms with E-state index in [1.807, 2.05) is 13.0 Å². The van der Waals surface area contributed by atoms with Gasteiger partial charge >= 0.3 is 0 Å². The summed E-state index contributed by atoms with van der Waals surface area (Å²) in [5, 5.41) is 11.1. The average Bonchev–Trinajstić information content (AvgIpc) is 2.32. The van der Waals surface area contributed by atoms with Gasteiger partial charge in [-0.2, -0.15) is 0 Å². The maximum absolute atomic E-state index is 10.3. The van der Waals surface area contributed by atoms with Crippen molar-refractivity contribution in [1.82, 2.24) is 4.98 Å². The van der Waals surface area contributed by atoms with Crippen LogP contribution in [0.5, 0.6) is 0 Å². The molecule has 17 heavy (non-hydrogen) atoms. The van der Waals surface area contributed by atoms with Crippen molar-refractivity contribution in [1.29, 1.82) is 0 Å². The Bertz CT molecular complexity index is 543. The number of nitrogens with zero attached hydrogens (tertiary/aromatic N) is 1. The molecular weight excluding hydrogens is 257 g/mol. The molecule has 0 saturated carbocycles. The van der Waals surface area contributed by atoms with E-state index in [4.69, 9.17) is 23.2 Å². The van der Waals surface area contributed by atoms with Gasteiger partial charge in [0.2, 0.25) is 0 Å². The van der Waals surface area contributed by atoms with Crippen molar-refractivity contribution in [2.24, 2.45) is 0 Å². The summed E-state index contributed by atoms with van der Waals surface area (Å²) >= 11 is 12.0. The van der Waals surface area contributed by atoms with Gasteiger partial charge in [-0.1, -0.05) is 41.4 Å². The zero-order valence-electron chi connectivity index (χ0n) is 9.19. The third-order valence-electron chi connectivity index (χ3n) is 2.62. The SMILES string of the molecule is Cc1ncccc1C(O)c1cccc(Cl)c1Cl. The van der Waals surface area contributed by atoms with E-state index in [1.54, 1.807) is 30.5 Å². The minimum absolute atomic E-state index is 0.380. The fourth-order valence-corrected chi connectivity index (χ4v) is 2.10.